The first-order chi connectivity index (χ1) is 5.45. The molecule has 0 aromatic carbocycles. The third-order valence-electron chi connectivity index (χ3n) is 2.01. The number of hydrogen-bond acceptors (Lipinski definition) is 2. The van der Waals surface area contributed by atoms with Crippen molar-refractivity contribution in [2.24, 2.45) is 5.92 Å². The molecule has 1 unspecified atom stereocenters. The minimum Gasteiger partial charge on any atom is -0.479 e. The summed E-state index contributed by atoms with van der Waals surface area (Å²) in [6.45, 7) is 5.44. The molecule has 1 atom stereocenters. The maximum absolute atomic E-state index is 10.8. The second-order valence-corrected chi connectivity index (χ2v) is 3.48. The molecule has 0 aliphatic rings. The van der Waals surface area contributed by atoms with E-state index in [2.05, 4.69) is 0 Å². The maximum Gasteiger partial charge on any atom is 0.335 e. The number of carboxylic acids is 1. The van der Waals surface area contributed by atoms with Gasteiger partial charge in [-0.05, 0) is 12.8 Å². The van der Waals surface area contributed by atoms with Crippen LogP contribution in [-0.2, 0) is 9.53 Å². The molecule has 0 saturated heterocycles. The zero-order valence-electron chi connectivity index (χ0n) is 7.63. The molecule has 4 heteroatoms. The molecule has 0 radical (unpaired) electrons. The van der Waals surface area contributed by atoms with Crippen molar-refractivity contribution >= 4 is 17.6 Å². The van der Waals surface area contributed by atoms with Gasteiger partial charge in [-0.15, -0.1) is 11.6 Å². The van der Waals surface area contributed by atoms with Gasteiger partial charge in [-0.1, -0.05) is 13.8 Å². The summed E-state index contributed by atoms with van der Waals surface area (Å²) in [4.78, 5) is 10.8. The van der Waals surface area contributed by atoms with Crippen LogP contribution >= 0.6 is 11.6 Å². The van der Waals surface area contributed by atoms with Crippen LogP contribution in [0.15, 0.2) is 0 Å². The molecule has 0 aliphatic heterocycles. The fourth-order valence-electron chi connectivity index (χ4n) is 0.726. The van der Waals surface area contributed by atoms with E-state index in [1.54, 1.807) is 6.92 Å². The van der Waals surface area contributed by atoms with Gasteiger partial charge >= 0.3 is 5.97 Å². The van der Waals surface area contributed by atoms with E-state index in [0.717, 1.165) is 0 Å². The second kappa shape index (κ2) is 4.67. The van der Waals surface area contributed by atoms with Crippen LogP contribution in [0.5, 0.6) is 0 Å². The SMILES string of the molecule is CC(C)C(C)(OCCCl)C(=O)O. The number of ether oxygens (including phenoxy) is 1. The Hall–Kier alpha value is -0.280. The van der Waals surface area contributed by atoms with E-state index in [1.165, 1.54) is 0 Å². The lowest BCUT2D eigenvalue weighted by molar-refractivity contribution is -0.168. The number of rotatable bonds is 5. The predicted octanol–water partition coefficient (Wildman–Crippen LogP) is 1.74. The molecule has 3 nitrogen and oxygen atoms in total. The molecule has 0 rings (SSSR count). The summed E-state index contributed by atoms with van der Waals surface area (Å²) in [6.07, 6.45) is 0. The normalized spacial score (nSPS) is 16.1. The Morgan fingerprint density at radius 1 is 1.67 bits per heavy atom. The molecule has 0 amide bonds. The second-order valence-electron chi connectivity index (χ2n) is 3.10. The summed E-state index contributed by atoms with van der Waals surface area (Å²) in [6, 6.07) is 0. The average Bonchev–Trinajstić information content (AvgIpc) is 1.99. The summed E-state index contributed by atoms with van der Waals surface area (Å²) >= 11 is 5.40. The Labute approximate surface area is 77.7 Å². The summed E-state index contributed by atoms with van der Waals surface area (Å²) in [7, 11) is 0. The molecule has 0 spiro atoms. The third kappa shape index (κ3) is 2.64. The Bertz CT molecular complexity index is 158. The highest BCUT2D eigenvalue weighted by atomic mass is 35.5. The average molecular weight is 195 g/mol. The van der Waals surface area contributed by atoms with Crippen LogP contribution in [0.1, 0.15) is 20.8 Å². The van der Waals surface area contributed by atoms with Gasteiger partial charge < -0.3 is 9.84 Å². The summed E-state index contributed by atoms with van der Waals surface area (Å²) < 4.78 is 5.17. The highest BCUT2D eigenvalue weighted by Gasteiger charge is 2.37. The quantitative estimate of drug-likeness (QED) is 0.679. The zero-order valence-corrected chi connectivity index (χ0v) is 8.39. The van der Waals surface area contributed by atoms with Crippen LogP contribution in [0.2, 0.25) is 0 Å². The standard InChI is InChI=1S/C8H15ClO3/c1-6(2)8(3,7(10)11)12-5-4-9/h6H,4-5H2,1-3H3,(H,10,11). The minimum atomic E-state index is -1.12. The molecule has 0 aromatic rings. The van der Waals surface area contributed by atoms with Crippen LogP contribution in [0, 0.1) is 5.92 Å². The first kappa shape index (κ1) is 11.7. The van der Waals surface area contributed by atoms with Gasteiger partial charge in [0.15, 0.2) is 5.60 Å². The van der Waals surface area contributed by atoms with Crippen LogP contribution < -0.4 is 0 Å². The van der Waals surface area contributed by atoms with E-state index in [0.29, 0.717) is 5.88 Å². The van der Waals surface area contributed by atoms with Crippen molar-refractivity contribution in [2.75, 3.05) is 12.5 Å². The number of alkyl halides is 1. The van der Waals surface area contributed by atoms with E-state index < -0.39 is 11.6 Å². The minimum absolute atomic E-state index is 0.0711. The molecule has 12 heavy (non-hydrogen) atoms. The molecular weight excluding hydrogens is 180 g/mol. The van der Waals surface area contributed by atoms with Gasteiger partial charge in [0.25, 0.3) is 0 Å². The van der Waals surface area contributed by atoms with Gasteiger partial charge in [0.2, 0.25) is 0 Å². The highest BCUT2D eigenvalue weighted by Crippen LogP contribution is 2.21. The number of hydrogen-bond donors (Lipinski definition) is 1. The van der Waals surface area contributed by atoms with Gasteiger partial charge in [-0.25, -0.2) is 4.79 Å². The van der Waals surface area contributed by atoms with Crippen molar-refractivity contribution in [3.05, 3.63) is 0 Å². The van der Waals surface area contributed by atoms with Crippen molar-refractivity contribution in [3.63, 3.8) is 0 Å². The Morgan fingerprint density at radius 2 is 2.17 bits per heavy atom. The van der Waals surface area contributed by atoms with Crippen molar-refractivity contribution in [1.82, 2.24) is 0 Å². The van der Waals surface area contributed by atoms with Crippen LogP contribution in [0.3, 0.4) is 0 Å². The number of halogens is 1. The first-order valence-electron chi connectivity index (χ1n) is 3.88. The number of aliphatic carboxylic acids is 1. The number of carboxylic acid groups (broad SMARTS) is 1. The number of carbonyl (C=O) groups is 1. The molecule has 0 heterocycles. The monoisotopic (exact) mass is 194 g/mol. The topological polar surface area (TPSA) is 46.5 Å². The molecule has 0 aromatic heterocycles. The van der Waals surface area contributed by atoms with Gasteiger partial charge in [-0.2, -0.15) is 0 Å². The van der Waals surface area contributed by atoms with E-state index in [9.17, 15) is 4.79 Å². The lowest BCUT2D eigenvalue weighted by Crippen LogP contribution is -2.43. The Kier molecular flexibility index (Phi) is 4.57. The van der Waals surface area contributed by atoms with Crippen LogP contribution in [0.4, 0.5) is 0 Å². The van der Waals surface area contributed by atoms with Gasteiger partial charge in [-0.3, -0.25) is 0 Å². The van der Waals surface area contributed by atoms with Crippen molar-refractivity contribution < 1.29 is 14.6 Å². The Balaban J connectivity index is 4.29. The molecule has 0 aliphatic carbocycles. The van der Waals surface area contributed by atoms with Gasteiger partial charge in [0.1, 0.15) is 0 Å². The van der Waals surface area contributed by atoms with E-state index in [1.807, 2.05) is 13.8 Å². The van der Waals surface area contributed by atoms with E-state index in [-0.39, 0.29) is 12.5 Å². The highest BCUT2D eigenvalue weighted by molar-refractivity contribution is 6.17. The fraction of sp³-hybridized carbons (Fsp3) is 0.875. The maximum atomic E-state index is 10.8. The fourth-order valence-corrected chi connectivity index (χ4v) is 0.803. The smallest absolute Gasteiger partial charge is 0.335 e. The van der Waals surface area contributed by atoms with E-state index >= 15 is 0 Å². The Morgan fingerprint density at radius 3 is 2.42 bits per heavy atom. The van der Waals surface area contributed by atoms with E-state index in [4.69, 9.17) is 21.4 Å². The summed E-state index contributed by atoms with van der Waals surface area (Å²) in [5.74, 6) is -0.698. The molecule has 1 N–H and O–H groups in total. The van der Waals surface area contributed by atoms with Crippen molar-refractivity contribution in [3.8, 4) is 0 Å². The zero-order chi connectivity index (χ0) is 9.78. The lowest BCUT2D eigenvalue weighted by atomic mass is 9.92. The van der Waals surface area contributed by atoms with Crippen LogP contribution in [-0.4, -0.2) is 29.2 Å². The molecule has 72 valence electrons. The largest absolute Gasteiger partial charge is 0.479 e. The van der Waals surface area contributed by atoms with Gasteiger partial charge in [0.05, 0.1) is 6.61 Å². The predicted molar refractivity (Wildman–Crippen MR) is 47.6 cm³/mol. The molecule has 0 fully saturated rings. The summed E-state index contributed by atoms with van der Waals surface area (Å²) in [5, 5.41) is 8.86. The van der Waals surface area contributed by atoms with Gasteiger partial charge in [0, 0.05) is 5.88 Å². The third-order valence-corrected chi connectivity index (χ3v) is 2.16. The van der Waals surface area contributed by atoms with Crippen molar-refractivity contribution in [1.29, 1.82) is 0 Å². The lowest BCUT2D eigenvalue weighted by Gasteiger charge is -2.28. The van der Waals surface area contributed by atoms with Crippen LogP contribution in [0.25, 0.3) is 0 Å². The summed E-state index contributed by atoms with van der Waals surface area (Å²) in [5.41, 5.74) is -1.12. The van der Waals surface area contributed by atoms with Crippen molar-refractivity contribution in [2.45, 2.75) is 26.4 Å². The first-order valence-corrected chi connectivity index (χ1v) is 4.42. The molecular formula is C8H15ClO3. The molecule has 0 bridgehead atoms. The molecule has 0 saturated carbocycles.